The molecule has 3 nitrogen and oxygen atoms in total. The third-order valence-corrected chi connectivity index (χ3v) is 4.48. The van der Waals surface area contributed by atoms with Gasteiger partial charge in [0.2, 0.25) is 0 Å². The first-order valence-corrected chi connectivity index (χ1v) is 7.94. The maximum absolute atomic E-state index is 5.84. The van der Waals surface area contributed by atoms with Crippen LogP contribution in [0.2, 0.25) is 0 Å². The lowest BCUT2D eigenvalue weighted by Gasteiger charge is -2.44. The van der Waals surface area contributed by atoms with E-state index in [1.807, 2.05) is 0 Å². The van der Waals surface area contributed by atoms with Crippen molar-refractivity contribution in [2.24, 2.45) is 0 Å². The molecule has 1 heterocycles. The summed E-state index contributed by atoms with van der Waals surface area (Å²) in [5.74, 6) is 0. The van der Waals surface area contributed by atoms with Crippen LogP contribution in [-0.4, -0.2) is 49.3 Å². The molecule has 0 amide bonds. The van der Waals surface area contributed by atoms with Gasteiger partial charge in [0.25, 0.3) is 0 Å². The predicted octanol–water partition coefficient (Wildman–Crippen LogP) is 2.41. The fourth-order valence-corrected chi connectivity index (χ4v) is 3.69. The number of hydrogen-bond acceptors (Lipinski definition) is 3. The molecule has 2 rings (SSSR count). The molecule has 0 aromatic carbocycles. The number of rotatable bonds is 5. The number of likely N-dealkylation sites (N-methyl/N-ethyl adjacent to an activating group) is 1. The first-order valence-electron chi connectivity index (χ1n) is 7.94. The van der Waals surface area contributed by atoms with E-state index in [0.29, 0.717) is 12.1 Å². The Morgan fingerprint density at radius 2 is 1.94 bits per heavy atom. The van der Waals surface area contributed by atoms with E-state index >= 15 is 0 Å². The third kappa shape index (κ3) is 3.69. The number of piperidine rings is 1. The van der Waals surface area contributed by atoms with Crippen LogP contribution in [0.1, 0.15) is 52.4 Å². The van der Waals surface area contributed by atoms with Gasteiger partial charge in [0.15, 0.2) is 0 Å². The third-order valence-electron chi connectivity index (χ3n) is 4.48. The van der Waals surface area contributed by atoms with Crippen LogP contribution >= 0.6 is 0 Å². The largest absolute Gasteiger partial charge is 0.377 e. The van der Waals surface area contributed by atoms with E-state index in [1.54, 1.807) is 0 Å². The molecule has 1 N–H and O–H groups in total. The number of ether oxygens (including phenoxy) is 1. The molecular formula is C15H30N2O. The zero-order valence-electron chi connectivity index (χ0n) is 12.2. The number of nitrogens with one attached hydrogen (secondary N) is 1. The molecule has 106 valence electrons. The number of nitrogens with zero attached hydrogens (tertiary/aromatic N) is 1. The summed E-state index contributed by atoms with van der Waals surface area (Å²) < 4.78 is 5.84. The average Bonchev–Trinajstić information content (AvgIpc) is 2.40. The van der Waals surface area contributed by atoms with E-state index in [9.17, 15) is 0 Å². The van der Waals surface area contributed by atoms with Crippen LogP contribution < -0.4 is 5.32 Å². The summed E-state index contributed by atoms with van der Waals surface area (Å²) in [6, 6.07) is 1.46. The summed E-state index contributed by atoms with van der Waals surface area (Å²) in [5, 5.41) is 3.70. The molecular weight excluding hydrogens is 224 g/mol. The van der Waals surface area contributed by atoms with Gasteiger partial charge in [-0.1, -0.05) is 19.8 Å². The molecule has 1 aliphatic carbocycles. The van der Waals surface area contributed by atoms with Crippen LogP contribution in [0.4, 0.5) is 0 Å². The lowest BCUT2D eigenvalue weighted by Crippen LogP contribution is -2.55. The smallest absolute Gasteiger partial charge is 0.0702 e. The second-order valence-electron chi connectivity index (χ2n) is 5.73. The Hall–Kier alpha value is -0.120. The van der Waals surface area contributed by atoms with Gasteiger partial charge in [-0.25, -0.2) is 0 Å². The Morgan fingerprint density at radius 3 is 2.72 bits per heavy atom. The molecule has 0 aromatic rings. The van der Waals surface area contributed by atoms with Crippen LogP contribution in [-0.2, 0) is 4.74 Å². The second-order valence-corrected chi connectivity index (χ2v) is 5.73. The fourth-order valence-electron chi connectivity index (χ4n) is 3.69. The molecule has 18 heavy (non-hydrogen) atoms. The Labute approximate surface area is 112 Å². The van der Waals surface area contributed by atoms with Crippen molar-refractivity contribution in [3.63, 3.8) is 0 Å². The normalized spacial score (nSPS) is 34.7. The van der Waals surface area contributed by atoms with Crippen molar-refractivity contribution in [2.75, 3.05) is 26.2 Å². The zero-order valence-corrected chi connectivity index (χ0v) is 12.2. The molecule has 2 fully saturated rings. The summed E-state index contributed by atoms with van der Waals surface area (Å²) >= 11 is 0. The van der Waals surface area contributed by atoms with Crippen molar-refractivity contribution in [3.05, 3.63) is 0 Å². The van der Waals surface area contributed by atoms with Gasteiger partial charge in [0.1, 0.15) is 0 Å². The molecule has 0 radical (unpaired) electrons. The SMILES string of the molecule is CCNC1CCCCC1N1CCCC(OCC)C1. The van der Waals surface area contributed by atoms with E-state index in [1.165, 1.54) is 45.1 Å². The van der Waals surface area contributed by atoms with Crippen LogP contribution in [0.3, 0.4) is 0 Å². The van der Waals surface area contributed by atoms with Gasteiger partial charge in [0.05, 0.1) is 6.10 Å². The van der Waals surface area contributed by atoms with E-state index in [-0.39, 0.29) is 0 Å². The molecule has 3 atom stereocenters. The molecule has 1 saturated carbocycles. The maximum Gasteiger partial charge on any atom is 0.0702 e. The molecule has 1 saturated heterocycles. The Balaban J connectivity index is 1.90. The first kappa shape index (κ1) is 14.3. The Bertz CT molecular complexity index is 231. The highest BCUT2D eigenvalue weighted by Gasteiger charge is 2.32. The van der Waals surface area contributed by atoms with Crippen molar-refractivity contribution in [3.8, 4) is 0 Å². The van der Waals surface area contributed by atoms with Gasteiger partial charge in [0, 0.05) is 25.2 Å². The van der Waals surface area contributed by atoms with E-state index in [0.717, 1.165) is 25.7 Å². The topological polar surface area (TPSA) is 24.5 Å². The van der Waals surface area contributed by atoms with Gasteiger partial charge in [-0.3, -0.25) is 4.90 Å². The average molecular weight is 254 g/mol. The monoisotopic (exact) mass is 254 g/mol. The highest BCUT2D eigenvalue weighted by Crippen LogP contribution is 2.26. The maximum atomic E-state index is 5.84. The van der Waals surface area contributed by atoms with Crippen LogP contribution in [0.25, 0.3) is 0 Å². The standard InChI is InChI=1S/C15H30N2O/c1-3-16-14-9-5-6-10-15(14)17-11-7-8-13(12-17)18-4-2/h13-16H,3-12H2,1-2H3. The zero-order chi connectivity index (χ0) is 12.8. The first-order chi connectivity index (χ1) is 8.85. The predicted molar refractivity (Wildman–Crippen MR) is 75.9 cm³/mol. The van der Waals surface area contributed by atoms with Crippen LogP contribution in [0.5, 0.6) is 0 Å². The van der Waals surface area contributed by atoms with E-state index in [4.69, 9.17) is 4.74 Å². The van der Waals surface area contributed by atoms with Gasteiger partial charge in [-0.2, -0.15) is 0 Å². The minimum Gasteiger partial charge on any atom is -0.377 e. The van der Waals surface area contributed by atoms with Crippen molar-refractivity contribution >= 4 is 0 Å². The Morgan fingerprint density at radius 1 is 1.11 bits per heavy atom. The van der Waals surface area contributed by atoms with E-state index in [2.05, 4.69) is 24.1 Å². The quantitative estimate of drug-likeness (QED) is 0.815. The highest BCUT2D eigenvalue weighted by molar-refractivity contribution is 4.90. The van der Waals surface area contributed by atoms with Gasteiger partial charge in [-0.05, 0) is 45.7 Å². The summed E-state index contributed by atoms with van der Waals surface area (Å²) in [6.07, 6.45) is 8.57. The summed E-state index contributed by atoms with van der Waals surface area (Å²) in [6.45, 7) is 8.73. The summed E-state index contributed by atoms with van der Waals surface area (Å²) in [5.41, 5.74) is 0. The van der Waals surface area contributed by atoms with E-state index < -0.39 is 0 Å². The lowest BCUT2D eigenvalue weighted by molar-refractivity contribution is -0.0180. The van der Waals surface area contributed by atoms with Crippen molar-refractivity contribution in [1.29, 1.82) is 0 Å². The van der Waals surface area contributed by atoms with Crippen molar-refractivity contribution in [1.82, 2.24) is 10.2 Å². The Kier molecular flexibility index (Phi) is 5.93. The number of hydrogen-bond donors (Lipinski definition) is 1. The minimum absolute atomic E-state index is 0.480. The van der Waals surface area contributed by atoms with Crippen LogP contribution in [0, 0.1) is 0 Å². The highest BCUT2D eigenvalue weighted by atomic mass is 16.5. The van der Waals surface area contributed by atoms with Gasteiger partial charge < -0.3 is 10.1 Å². The number of likely N-dealkylation sites (tertiary alicyclic amines) is 1. The summed E-state index contributed by atoms with van der Waals surface area (Å²) in [7, 11) is 0. The van der Waals surface area contributed by atoms with Gasteiger partial charge >= 0.3 is 0 Å². The molecule has 2 aliphatic rings. The molecule has 0 spiro atoms. The summed E-state index contributed by atoms with van der Waals surface area (Å²) in [4.78, 5) is 2.70. The molecule has 0 bridgehead atoms. The fraction of sp³-hybridized carbons (Fsp3) is 1.00. The molecule has 3 unspecified atom stereocenters. The second kappa shape index (κ2) is 7.46. The van der Waals surface area contributed by atoms with Crippen LogP contribution in [0.15, 0.2) is 0 Å². The minimum atomic E-state index is 0.480. The lowest BCUT2D eigenvalue weighted by atomic mass is 9.88. The molecule has 1 aliphatic heterocycles. The molecule has 0 aromatic heterocycles. The van der Waals surface area contributed by atoms with Gasteiger partial charge in [-0.15, -0.1) is 0 Å². The molecule has 3 heteroatoms. The van der Waals surface area contributed by atoms with Crippen molar-refractivity contribution < 1.29 is 4.74 Å². The van der Waals surface area contributed by atoms with Crippen molar-refractivity contribution in [2.45, 2.75) is 70.6 Å².